The molecule has 4 N–H and O–H groups in total. The number of aromatic nitrogens is 3. The second kappa shape index (κ2) is 20.5. The Morgan fingerprint density at radius 2 is 1.18 bits per heavy atom. The SMILES string of the molecule is CCCCCCCCNc1nc(NCCCCCCNS(=O)(=O)c2cccc3c(N(C)C)cccc23)nc(NCCc2ccc(OC)cc2)n1. The van der Waals surface area contributed by atoms with Crippen molar-refractivity contribution in [3.63, 3.8) is 0 Å². The average molecular weight is 705 g/mol. The number of ether oxygens (including phenoxy) is 1. The fraction of sp³-hybridized carbons (Fsp3) is 0.500. The van der Waals surface area contributed by atoms with Gasteiger partial charge in [0.15, 0.2) is 0 Å². The van der Waals surface area contributed by atoms with Crippen LogP contribution in [-0.4, -0.2) is 70.8 Å². The van der Waals surface area contributed by atoms with E-state index in [9.17, 15) is 8.42 Å². The van der Waals surface area contributed by atoms with E-state index in [-0.39, 0.29) is 0 Å². The van der Waals surface area contributed by atoms with E-state index in [0.717, 1.165) is 67.3 Å². The molecule has 0 saturated heterocycles. The van der Waals surface area contributed by atoms with Crippen molar-refractivity contribution in [1.82, 2.24) is 19.7 Å². The van der Waals surface area contributed by atoms with E-state index < -0.39 is 10.0 Å². The molecule has 0 aliphatic rings. The molecule has 12 heteroatoms. The van der Waals surface area contributed by atoms with Crippen LogP contribution in [0.2, 0.25) is 0 Å². The summed E-state index contributed by atoms with van der Waals surface area (Å²) in [5.74, 6) is 2.49. The number of nitrogens with zero attached hydrogens (tertiary/aromatic N) is 4. The first kappa shape index (κ1) is 38.6. The Hall–Kier alpha value is -4.16. The summed E-state index contributed by atoms with van der Waals surface area (Å²) >= 11 is 0. The van der Waals surface area contributed by atoms with Crippen LogP contribution >= 0.6 is 0 Å². The molecule has 0 saturated carbocycles. The van der Waals surface area contributed by atoms with Crippen molar-refractivity contribution in [3.8, 4) is 5.75 Å². The van der Waals surface area contributed by atoms with E-state index in [4.69, 9.17) is 4.74 Å². The molecule has 0 atom stereocenters. The lowest BCUT2D eigenvalue weighted by Gasteiger charge is -2.17. The maximum absolute atomic E-state index is 13.2. The molecule has 3 aromatic carbocycles. The van der Waals surface area contributed by atoms with Gasteiger partial charge in [-0.15, -0.1) is 0 Å². The number of benzene rings is 3. The van der Waals surface area contributed by atoms with E-state index in [1.807, 2.05) is 55.4 Å². The molecule has 0 fully saturated rings. The second-order valence-electron chi connectivity index (χ2n) is 12.8. The summed E-state index contributed by atoms with van der Waals surface area (Å²) < 4.78 is 34.5. The van der Waals surface area contributed by atoms with Crippen LogP contribution in [0.15, 0.2) is 65.6 Å². The van der Waals surface area contributed by atoms with E-state index in [0.29, 0.717) is 42.4 Å². The standard InChI is InChI=1S/C38H56N8O3S/c1-5-6-7-8-9-12-26-39-36-43-37(45-38(44-36)41-29-25-30-21-23-31(49-4)24-22-30)40-27-13-10-11-14-28-42-50(47,48)35-20-16-17-32-33(35)18-15-19-34(32)46(2)3/h15-24,42H,5-14,25-29H2,1-4H3,(H3,39,40,41,43,44,45). The smallest absolute Gasteiger partial charge is 0.241 e. The maximum Gasteiger partial charge on any atom is 0.241 e. The maximum atomic E-state index is 13.2. The predicted octanol–water partition coefficient (Wildman–Crippen LogP) is 7.48. The highest BCUT2D eigenvalue weighted by Crippen LogP contribution is 2.30. The highest BCUT2D eigenvalue weighted by atomic mass is 32.2. The molecule has 0 amide bonds. The average Bonchev–Trinajstić information content (AvgIpc) is 3.12. The first-order valence-electron chi connectivity index (χ1n) is 18.1. The Kier molecular flexibility index (Phi) is 15.8. The molecular formula is C38H56N8O3S. The van der Waals surface area contributed by atoms with Gasteiger partial charge in [0.1, 0.15) is 5.75 Å². The van der Waals surface area contributed by atoms with Crippen molar-refractivity contribution < 1.29 is 13.2 Å². The minimum absolute atomic E-state index is 0.315. The summed E-state index contributed by atoms with van der Waals surface area (Å²) in [6, 6.07) is 19.3. The molecule has 272 valence electrons. The minimum Gasteiger partial charge on any atom is -0.497 e. The number of rotatable bonds is 24. The topological polar surface area (TPSA) is 133 Å². The van der Waals surface area contributed by atoms with Crippen LogP contribution in [0.25, 0.3) is 10.8 Å². The first-order chi connectivity index (χ1) is 24.3. The zero-order chi connectivity index (χ0) is 35.6. The van der Waals surface area contributed by atoms with E-state index in [2.05, 4.69) is 54.7 Å². The lowest BCUT2D eigenvalue weighted by Crippen LogP contribution is -2.25. The number of fused-ring (bicyclic) bond motifs is 1. The monoisotopic (exact) mass is 704 g/mol. The van der Waals surface area contributed by atoms with Crippen LogP contribution < -0.4 is 30.3 Å². The van der Waals surface area contributed by atoms with E-state index in [1.165, 1.54) is 37.7 Å². The number of nitrogens with one attached hydrogen (secondary N) is 4. The summed E-state index contributed by atoms with van der Waals surface area (Å²) in [7, 11) is 1.96. The molecule has 11 nitrogen and oxygen atoms in total. The Labute approximate surface area is 299 Å². The fourth-order valence-electron chi connectivity index (χ4n) is 5.81. The molecule has 0 unspecified atom stereocenters. The summed E-state index contributed by atoms with van der Waals surface area (Å²) in [6.07, 6.45) is 11.7. The highest BCUT2D eigenvalue weighted by Gasteiger charge is 2.18. The van der Waals surface area contributed by atoms with Crippen molar-refractivity contribution in [3.05, 3.63) is 66.2 Å². The molecule has 0 radical (unpaired) electrons. The largest absolute Gasteiger partial charge is 0.497 e. The van der Waals surface area contributed by atoms with Crippen molar-refractivity contribution >= 4 is 44.3 Å². The van der Waals surface area contributed by atoms with Gasteiger partial charge in [0.2, 0.25) is 27.9 Å². The number of hydrogen-bond donors (Lipinski definition) is 4. The Bertz CT molecular complexity index is 1700. The summed E-state index contributed by atoms with van der Waals surface area (Å²) in [4.78, 5) is 16.2. The highest BCUT2D eigenvalue weighted by molar-refractivity contribution is 7.89. The molecule has 0 bridgehead atoms. The molecular weight excluding hydrogens is 649 g/mol. The Morgan fingerprint density at radius 3 is 1.78 bits per heavy atom. The number of sulfonamides is 1. The zero-order valence-corrected chi connectivity index (χ0v) is 31.1. The molecule has 4 aromatic rings. The first-order valence-corrected chi connectivity index (χ1v) is 19.6. The minimum atomic E-state index is -3.63. The van der Waals surface area contributed by atoms with Gasteiger partial charge >= 0.3 is 0 Å². The summed E-state index contributed by atoms with van der Waals surface area (Å²) in [6.45, 7) is 4.85. The number of methoxy groups -OCH3 is 1. The summed E-state index contributed by atoms with van der Waals surface area (Å²) in [5.41, 5.74) is 2.19. The Morgan fingerprint density at radius 1 is 0.640 bits per heavy atom. The van der Waals surface area contributed by atoms with Crippen LogP contribution in [0.5, 0.6) is 5.75 Å². The van der Waals surface area contributed by atoms with Crippen molar-refractivity contribution in [2.24, 2.45) is 0 Å². The van der Waals surface area contributed by atoms with Crippen molar-refractivity contribution in [2.45, 2.75) is 82.4 Å². The molecule has 0 aliphatic heterocycles. The molecule has 0 spiro atoms. The zero-order valence-electron chi connectivity index (χ0n) is 30.3. The lowest BCUT2D eigenvalue weighted by atomic mass is 10.1. The number of unbranched alkanes of at least 4 members (excludes halogenated alkanes) is 8. The van der Waals surface area contributed by atoms with Crippen LogP contribution in [0.3, 0.4) is 0 Å². The molecule has 1 heterocycles. The van der Waals surface area contributed by atoms with Crippen molar-refractivity contribution in [2.75, 3.05) is 68.2 Å². The van der Waals surface area contributed by atoms with Crippen molar-refractivity contribution in [1.29, 1.82) is 0 Å². The van der Waals surface area contributed by atoms with Gasteiger partial charge in [-0.1, -0.05) is 88.3 Å². The quantitative estimate of drug-likeness (QED) is 0.0544. The Balaban J connectivity index is 1.22. The van der Waals surface area contributed by atoms with Gasteiger partial charge in [-0.3, -0.25) is 0 Å². The van der Waals surface area contributed by atoms with Crippen LogP contribution in [-0.2, 0) is 16.4 Å². The third kappa shape index (κ3) is 12.3. The number of anilines is 4. The van der Waals surface area contributed by atoms with Gasteiger partial charge < -0.3 is 25.6 Å². The van der Waals surface area contributed by atoms with Gasteiger partial charge in [0.05, 0.1) is 12.0 Å². The van der Waals surface area contributed by atoms with Crippen LogP contribution in [0, 0.1) is 0 Å². The predicted molar refractivity (Wildman–Crippen MR) is 207 cm³/mol. The summed E-state index contributed by atoms with van der Waals surface area (Å²) in [5, 5.41) is 11.8. The number of hydrogen-bond acceptors (Lipinski definition) is 10. The second-order valence-corrected chi connectivity index (χ2v) is 14.5. The molecule has 1 aromatic heterocycles. The van der Waals surface area contributed by atoms with Gasteiger partial charge in [0, 0.05) is 56.7 Å². The molecule has 50 heavy (non-hydrogen) atoms. The molecule has 0 aliphatic carbocycles. The van der Waals surface area contributed by atoms with Gasteiger partial charge in [-0.05, 0) is 55.5 Å². The fourth-order valence-corrected chi connectivity index (χ4v) is 7.10. The lowest BCUT2D eigenvalue weighted by molar-refractivity contribution is 0.414. The van der Waals surface area contributed by atoms with Crippen LogP contribution in [0.4, 0.5) is 23.5 Å². The van der Waals surface area contributed by atoms with Gasteiger partial charge in [-0.25, -0.2) is 13.1 Å². The van der Waals surface area contributed by atoms with E-state index in [1.54, 1.807) is 19.2 Å². The normalized spacial score (nSPS) is 11.4. The third-order valence-electron chi connectivity index (χ3n) is 8.61. The van der Waals surface area contributed by atoms with Crippen LogP contribution in [0.1, 0.15) is 76.7 Å². The van der Waals surface area contributed by atoms with Gasteiger partial charge in [-0.2, -0.15) is 15.0 Å². The third-order valence-corrected chi connectivity index (χ3v) is 10.1. The molecule has 4 rings (SSSR count). The van der Waals surface area contributed by atoms with E-state index >= 15 is 0 Å². The van der Waals surface area contributed by atoms with Gasteiger partial charge in [0.25, 0.3) is 0 Å².